The molecule has 0 aliphatic carbocycles. The Hall–Kier alpha value is -2.92. The van der Waals surface area contributed by atoms with Gasteiger partial charge in [0.15, 0.2) is 0 Å². The van der Waals surface area contributed by atoms with Gasteiger partial charge >= 0.3 is 6.09 Å². The Morgan fingerprint density at radius 3 is 2.31 bits per heavy atom. The number of amides is 2. The molecule has 9 nitrogen and oxygen atoms in total. The molecule has 0 aliphatic rings. The van der Waals surface area contributed by atoms with Crippen molar-refractivity contribution >= 4 is 33.4 Å². The molecule has 0 saturated heterocycles. The number of halogens is 1. The molecule has 176 valence electrons. The quantitative estimate of drug-likeness (QED) is 0.642. The highest BCUT2D eigenvalue weighted by Crippen LogP contribution is 2.23. The second kappa shape index (κ2) is 9.70. The van der Waals surface area contributed by atoms with Crippen LogP contribution in [-0.4, -0.2) is 48.0 Å². The van der Waals surface area contributed by atoms with Crippen molar-refractivity contribution in [1.29, 1.82) is 0 Å². The van der Waals surface area contributed by atoms with Crippen molar-refractivity contribution in [2.45, 2.75) is 45.1 Å². The van der Waals surface area contributed by atoms with Gasteiger partial charge in [-0.3, -0.25) is 10.1 Å². The summed E-state index contributed by atoms with van der Waals surface area (Å²) in [6.45, 7) is 9.09. The second-order valence-corrected chi connectivity index (χ2v) is 9.97. The molecule has 0 aliphatic heterocycles. The van der Waals surface area contributed by atoms with E-state index in [9.17, 15) is 22.4 Å². The average Bonchev–Trinajstić information content (AvgIpc) is 3.06. The van der Waals surface area contributed by atoms with Crippen LogP contribution in [0.3, 0.4) is 0 Å². The number of carbonyl (C=O) groups is 2. The highest BCUT2D eigenvalue weighted by Gasteiger charge is 2.25. The van der Waals surface area contributed by atoms with Gasteiger partial charge in [-0.25, -0.2) is 17.6 Å². The van der Waals surface area contributed by atoms with Crippen LogP contribution in [0.15, 0.2) is 35.4 Å². The zero-order chi connectivity index (χ0) is 24.3. The number of hydrogen-bond donors (Lipinski definition) is 2. The van der Waals surface area contributed by atoms with E-state index in [1.165, 1.54) is 33.3 Å². The predicted molar refractivity (Wildman–Crippen MR) is 120 cm³/mol. The summed E-state index contributed by atoms with van der Waals surface area (Å²) in [4.78, 5) is 24.7. The number of anilines is 2. The van der Waals surface area contributed by atoms with Crippen molar-refractivity contribution in [2.24, 2.45) is 7.05 Å². The van der Waals surface area contributed by atoms with Gasteiger partial charge in [0.1, 0.15) is 22.0 Å². The number of carbonyl (C=O) groups excluding carboxylic acids is 2. The van der Waals surface area contributed by atoms with Crippen LogP contribution >= 0.6 is 0 Å². The highest BCUT2D eigenvalue weighted by molar-refractivity contribution is 7.89. The second-order valence-electron chi connectivity index (χ2n) is 8.04. The van der Waals surface area contributed by atoms with Crippen LogP contribution in [0.1, 0.15) is 45.1 Å². The molecular weight excluding hydrogens is 439 g/mol. The third-order valence-corrected chi connectivity index (χ3v) is 6.43. The van der Waals surface area contributed by atoms with Gasteiger partial charge in [0.25, 0.3) is 5.91 Å². The fourth-order valence-electron chi connectivity index (χ4n) is 2.92. The van der Waals surface area contributed by atoms with E-state index in [1.54, 1.807) is 41.7 Å². The monoisotopic (exact) mass is 468 g/mol. The van der Waals surface area contributed by atoms with Crippen LogP contribution in [0, 0.1) is 5.82 Å². The summed E-state index contributed by atoms with van der Waals surface area (Å²) in [6.07, 6.45) is 0.525. The number of rotatable bonds is 7. The molecule has 0 radical (unpaired) electrons. The standard InChI is InChI=1S/C21H29FN4O5S/c1-7-26(8-2)32(29,30)15-12-18(25(6)13-15)19(27)23-14-9-10-16(22)17(11-14)24-20(28)31-21(3,4)5/h9-13H,7-8H2,1-6H3,(H,23,27)(H,24,28). The summed E-state index contributed by atoms with van der Waals surface area (Å²) in [7, 11) is -2.18. The van der Waals surface area contributed by atoms with Gasteiger partial charge < -0.3 is 14.6 Å². The lowest BCUT2D eigenvalue weighted by molar-refractivity contribution is 0.0635. The van der Waals surface area contributed by atoms with Crippen molar-refractivity contribution in [2.75, 3.05) is 23.7 Å². The van der Waals surface area contributed by atoms with E-state index in [4.69, 9.17) is 4.74 Å². The van der Waals surface area contributed by atoms with E-state index < -0.39 is 33.4 Å². The Bertz CT molecular complexity index is 1100. The minimum Gasteiger partial charge on any atom is -0.444 e. The minimum atomic E-state index is -3.73. The van der Waals surface area contributed by atoms with Crippen molar-refractivity contribution in [3.8, 4) is 0 Å². The van der Waals surface area contributed by atoms with Gasteiger partial charge in [0.2, 0.25) is 10.0 Å². The van der Waals surface area contributed by atoms with E-state index >= 15 is 0 Å². The van der Waals surface area contributed by atoms with Crippen molar-refractivity contribution in [1.82, 2.24) is 8.87 Å². The molecule has 0 bridgehead atoms. The maximum atomic E-state index is 14.1. The summed E-state index contributed by atoms with van der Waals surface area (Å²) in [6, 6.07) is 4.94. The lowest BCUT2D eigenvalue weighted by Gasteiger charge is -2.20. The summed E-state index contributed by atoms with van der Waals surface area (Å²) >= 11 is 0. The molecule has 2 amide bonds. The molecule has 0 saturated carbocycles. The van der Waals surface area contributed by atoms with Crippen LogP contribution in [-0.2, 0) is 21.8 Å². The highest BCUT2D eigenvalue weighted by atomic mass is 32.2. The topological polar surface area (TPSA) is 110 Å². The fraction of sp³-hybridized carbons (Fsp3) is 0.429. The number of ether oxygens (including phenoxy) is 1. The van der Waals surface area contributed by atoms with Crippen molar-refractivity contribution in [3.05, 3.63) is 42.0 Å². The van der Waals surface area contributed by atoms with Gasteiger partial charge in [-0.05, 0) is 45.0 Å². The molecule has 0 spiro atoms. The molecular formula is C21H29FN4O5S. The fourth-order valence-corrected chi connectivity index (χ4v) is 4.45. The van der Waals surface area contributed by atoms with Crippen LogP contribution in [0.2, 0.25) is 0 Å². The van der Waals surface area contributed by atoms with Crippen LogP contribution in [0.5, 0.6) is 0 Å². The molecule has 11 heteroatoms. The van der Waals surface area contributed by atoms with Crippen molar-refractivity contribution in [3.63, 3.8) is 0 Å². The van der Waals surface area contributed by atoms with Gasteiger partial charge in [-0.2, -0.15) is 4.31 Å². The molecule has 1 heterocycles. The molecule has 1 aromatic heterocycles. The van der Waals surface area contributed by atoms with Gasteiger partial charge in [0, 0.05) is 32.0 Å². The Labute approximate surface area is 187 Å². The van der Waals surface area contributed by atoms with E-state index in [-0.39, 0.29) is 22.0 Å². The molecule has 0 atom stereocenters. The average molecular weight is 469 g/mol. The first-order chi connectivity index (χ1) is 14.8. The lowest BCUT2D eigenvalue weighted by Crippen LogP contribution is -2.30. The molecule has 0 fully saturated rings. The third-order valence-electron chi connectivity index (χ3n) is 4.42. The minimum absolute atomic E-state index is 0.000220. The summed E-state index contributed by atoms with van der Waals surface area (Å²) in [5, 5.41) is 4.89. The maximum absolute atomic E-state index is 14.1. The van der Waals surface area contributed by atoms with E-state index in [0.717, 1.165) is 6.07 Å². The lowest BCUT2D eigenvalue weighted by atomic mass is 10.2. The summed E-state index contributed by atoms with van der Waals surface area (Å²) in [5.74, 6) is -1.30. The Morgan fingerprint density at radius 2 is 1.75 bits per heavy atom. The number of benzene rings is 1. The normalized spacial score (nSPS) is 12.0. The first-order valence-electron chi connectivity index (χ1n) is 10.1. The maximum Gasteiger partial charge on any atom is 0.412 e. The predicted octanol–water partition coefficient (Wildman–Crippen LogP) is 3.79. The third kappa shape index (κ3) is 6.07. The molecule has 32 heavy (non-hydrogen) atoms. The zero-order valence-corrected chi connectivity index (χ0v) is 19.8. The molecule has 2 aromatic rings. The van der Waals surface area contributed by atoms with Crippen LogP contribution in [0.25, 0.3) is 0 Å². The SMILES string of the molecule is CCN(CC)S(=O)(=O)c1cc(C(=O)Nc2ccc(F)c(NC(=O)OC(C)(C)C)c2)n(C)c1. The van der Waals surface area contributed by atoms with Gasteiger partial charge in [0.05, 0.1) is 5.69 Å². The number of hydrogen-bond acceptors (Lipinski definition) is 5. The molecule has 1 aromatic carbocycles. The van der Waals surface area contributed by atoms with Crippen LogP contribution < -0.4 is 10.6 Å². The first-order valence-corrected chi connectivity index (χ1v) is 11.5. The first kappa shape index (κ1) is 25.3. The Kier molecular flexibility index (Phi) is 7.68. The van der Waals surface area contributed by atoms with Gasteiger partial charge in [-0.15, -0.1) is 0 Å². The number of nitrogens with zero attached hydrogens (tertiary/aromatic N) is 2. The Morgan fingerprint density at radius 1 is 1.12 bits per heavy atom. The van der Waals surface area contributed by atoms with Gasteiger partial charge in [-0.1, -0.05) is 13.8 Å². The smallest absolute Gasteiger partial charge is 0.412 e. The molecule has 2 N–H and O–H groups in total. The molecule has 0 unspecified atom stereocenters. The van der Waals surface area contributed by atoms with Crippen LogP contribution in [0.4, 0.5) is 20.6 Å². The van der Waals surface area contributed by atoms with E-state index in [2.05, 4.69) is 10.6 Å². The Balaban J connectivity index is 2.23. The molecule has 2 rings (SSSR count). The van der Waals surface area contributed by atoms with Crippen molar-refractivity contribution < 1.29 is 27.1 Å². The summed E-state index contributed by atoms with van der Waals surface area (Å²) in [5.41, 5.74) is -0.630. The van der Waals surface area contributed by atoms with E-state index in [0.29, 0.717) is 13.1 Å². The summed E-state index contributed by atoms with van der Waals surface area (Å²) < 4.78 is 47.3. The number of nitrogens with one attached hydrogen (secondary N) is 2. The number of sulfonamides is 1. The zero-order valence-electron chi connectivity index (χ0n) is 19.0. The van der Waals surface area contributed by atoms with E-state index in [1.807, 2.05) is 0 Å². The number of aromatic nitrogens is 1. The largest absolute Gasteiger partial charge is 0.444 e. The number of aryl methyl sites for hydroxylation is 1.